The zero-order valence-electron chi connectivity index (χ0n) is 17.7. The number of carbonyl (C=O) groups excluding carboxylic acids is 2. The summed E-state index contributed by atoms with van der Waals surface area (Å²) >= 11 is 0. The van der Waals surface area contributed by atoms with E-state index < -0.39 is 0 Å². The monoisotopic (exact) mass is 418 g/mol. The smallest absolute Gasteiger partial charge is 0.241 e. The topological polar surface area (TPSA) is 88.3 Å². The molecule has 1 unspecified atom stereocenters. The van der Waals surface area contributed by atoms with Crippen molar-refractivity contribution < 1.29 is 14.1 Å². The van der Waals surface area contributed by atoms with Crippen LogP contribution in [0.4, 0.5) is 5.69 Å². The van der Waals surface area contributed by atoms with Gasteiger partial charge in [-0.15, -0.1) is 0 Å². The van der Waals surface area contributed by atoms with Crippen molar-refractivity contribution in [2.45, 2.75) is 38.6 Å². The molecule has 2 heterocycles. The maximum atomic E-state index is 12.7. The Balaban J connectivity index is 1.33. The zero-order valence-corrected chi connectivity index (χ0v) is 17.7. The largest absolute Gasteiger partial charge is 0.339 e. The first-order valence-corrected chi connectivity index (χ1v) is 10.6. The molecule has 4 rings (SSSR count). The fourth-order valence-electron chi connectivity index (χ4n) is 3.87. The molecule has 1 aliphatic heterocycles. The van der Waals surface area contributed by atoms with Crippen LogP contribution in [0.5, 0.6) is 0 Å². The van der Waals surface area contributed by atoms with Gasteiger partial charge in [0.25, 0.3) is 0 Å². The lowest BCUT2D eigenvalue weighted by Crippen LogP contribution is -2.45. The standard InChI is InChI=1S/C24H26N4O3/c1-16(23(30)25-21-10-6-9-20(15-21)17(2)29)28-13-11-19(12-14-28)24-26-22(27-31-24)18-7-4-3-5-8-18/h3-10,15-16,19H,11-14H2,1-2H3,(H,25,30). The van der Waals surface area contributed by atoms with Crippen LogP contribution in [0.3, 0.4) is 0 Å². The number of benzene rings is 2. The van der Waals surface area contributed by atoms with Crippen LogP contribution in [0.25, 0.3) is 11.4 Å². The molecule has 1 atom stereocenters. The van der Waals surface area contributed by atoms with Crippen LogP contribution in [0.15, 0.2) is 59.1 Å². The fraction of sp³-hybridized carbons (Fsp3) is 0.333. The highest BCUT2D eigenvalue weighted by Crippen LogP contribution is 2.29. The van der Waals surface area contributed by atoms with E-state index in [0.29, 0.717) is 23.0 Å². The molecule has 1 N–H and O–H groups in total. The Bertz CT molecular complexity index is 1060. The molecule has 1 aromatic heterocycles. The molecule has 160 valence electrons. The molecule has 1 fully saturated rings. The Morgan fingerprint density at radius 3 is 2.55 bits per heavy atom. The van der Waals surface area contributed by atoms with Crippen molar-refractivity contribution in [3.63, 3.8) is 0 Å². The van der Waals surface area contributed by atoms with Gasteiger partial charge in [-0.2, -0.15) is 4.98 Å². The second kappa shape index (κ2) is 9.22. The van der Waals surface area contributed by atoms with Crippen molar-refractivity contribution in [2.24, 2.45) is 0 Å². The molecule has 1 amide bonds. The Labute approximate surface area is 181 Å². The van der Waals surface area contributed by atoms with Crippen LogP contribution in [-0.4, -0.2) is 45.9 Å². The quantitative estimate of drug-likeness (QED) is 0.605. The predicted octanol–water partition coefficient (Wildman–Crippen LogP) is 4.15. The zero-order chi connectivity index (χ0) is 21.8. The summed E-state index contributed by atoms with van der Waals surface area (Å²) in [5.74, 6) is 1.37. The van der Waals surface area contributed by atoms with E-state index in [2.05, 4.69) is 20.4 Å². The van der Waals surface area contributed by atoms with Gasteiger partial charge in [0, 0.05) is 22.7 Å². The number of piperidine rings is 1. The van der Waals surface area contributed by atoms with Crippen molar-refractivity contribution in [3.05, 3.63) is 66.1 Å². The van der Waals surface area contributed by atoms with E-state index in [-0.39, 0.29) is 23.7 Å². The van der Waals surface area contributed by atoms with Crippen LogP contribution in [-0.2, 0) is 4.79 Å². The van der Waals surface area contributed by atoms with Gasteiger partial charge >= 0.3 is 0 Å². The number of hydrogen-bond donors (Lipinski definition) is 1. The molecular formula is C24H26N4O3. The third-order valence-electron chi connectivity index (χ3n) is 5.82. The lowest BCUT2D eigenvalue weighted by atomic mass is 9.95. The Morgan fingerprint density at radius 2 is 1.84 bits per heavy atom. The summed E-state index contributed by atoms with van der Waals surface area (Å²) in [4.78, 5) is 31.0. The number of hydrogen-bond acceptors (Lipinski definition) is 6. The molecule has 0 saturated carbocycles. The molecule has 0 aliphatic carbocycles. The van der Waals surface area contributed by atoms with Crippen LogP contribution < -0.4 is 5.32 Å². The Kier molecular flexibility index (Phi) is 6.23. The summed E-state index contributed by atoms with van der Waals surface area (Å²) in [6.45, 7) is 4.97. The summed E-state index contributed by atoms with van der Waals surface area (Å²) in [5.41, 5.74) is 2.16. The highest BCUT2D eigenvalue weighted by molar-refractivity contribution is 5.98. The molecule has 0 spiro atoms. The number of likely N-dealkylation sites (tertiary alicyclic amines) is 1. The Hall–Kier alpha value is -3.32. The lowest BCUT2D eigenvalue weighted by molar-refractivity contribution is -0.121. The maximum absolute atomic E-state index is 12.7. The van der Waals surface area contributed by atoms with Crippen molar-refractivity contribution in [2.75, 3.05) is 18.4 Å². The van der Waals surface area contributed by atoms with Crippen molar-refractivity contribution in [3.8, 4) is 11.4 Å². The van der Waals surface area contributed by atoms with E-state index in [1.807, 2.05) is 37.3 Å². The second-order valence-corrected chi connectivity index (χ2v) is 7.93. The van der Waals surface area contributed by atoms with Crippen molar-refractivity contribution in [1.29, 1.82) is 0 Å². The van der Waals surface area contributed by atoms with Gasteiger partial charge in [0.15, 0.2) is 5.78 Å². The van der Waals surface area contributed by atoms with Gasteiger partial charge in [-0.05, 0) is 51.9 Å². The van der Waals surface area contributed by atoms with E-state index >= 15 is 0 Å². The number of amides is 1. The van der Waals surface area contributed by atoms with Crippen LogP contribution in [0.2, 0.25) is 0 Å². The first kappa shape index (κ1) is 20.9. The van der Waals surface area contributed by atoms with E-state index in [9.17, 15) is 9.59 Å². The summed E-state index contributed by atoms with van der Waals surface area (Å²) in [5, 5.41) is 7.05. The third-order valence-corrected chi connectivity index (χ3v) is 5.82. The summed E-state index contributed by atoms with van der Waals surface area (Å²) in [7, 11) is 0. The summed E-state index contributed by atoms with van der Waals surface area (Å²) in [6.07, 6.45) is 1.71. The van der Waals surface area contributed by atoms with Gasteiger partial charge in [0.2, 0.25) is 17.6 Å². The predicted molar refractivity (Wildman–Crippen MR) is 118 cm³/mol. The molecule has 7 heteroatoms. The molecular weight excluding hydrogens is 392 g/mol. The normalized spacial score (nSPS) is 16.1. The van der Waals surface area contributed by atoms with Gasteiger partial charge in [0.05, 0.1) is 6.04 Å². The van der Waals surface area contributed by atoms with Crippen LogP contribution >= 0.6 is 0 Å². The first-order valence-electron chi connectivity index (χ1n) is 10.6. The number of Topliss-reactive ketones (excluding diaryl/α,β-unsaturated/α-hetero) is 1. The number of carbonyl (C=O) groups is 2. The van der Waals surface area contributed by atoms with Gasteiger partial charge in [-0.25, -0.2) is 0 Å². The molecule has 1 saturated heterocycles. The second-order valence-electron chi connectivity index (χ2n) is 7.93. The van der Waals surface area contributed by atoms with E-state index in [1.165, 1.54) is 6.92 Å². The number of rotatable bonds is 6. The van der Waals surface area contributed by atoms with E-state index in [4.69, 9.17) is 4.52 Å². The number of nitrogens with zero attached hydrogens (tertiary/aromatic N) is 3. The SMILES string of the molecule is CC(=O)c1cccc(NC(=O)C(C)N2CCC(c3nc(-c4ccccc4)no3)CC2)c1. The molecule has 7 nitrogen and oxygen atoms in total. The number of nitrogens with one attached hydrogen (secondary N) is 1. The molecule has 3 aromatic rings. The molecule has 31 heavy (non-hydrogen) atoms. The first-order chi connectivity index (χ1) is 15.0. The maximum Gasteiger partial charge on any atom is 0.241 e. The van der Waals surface area contributed by atoms with Crippen molar-refractivity contribution >= 4 is 17.4 Å². The Morgan fingerprint density at radius 1 is 1.10 bits per heavy atom. The minimum atomic E-state index is -0.274. The molecule has 2 aromatic carbocycles. The molecule has 0 radical (unpaired) electrons. The minimum Gasteiger partial charge on any atom is -0.339 e. The average Bonchev–Trinajstić information content (AvgIpc) is 3.30. The van der Waals surface area contributed by atoms with Crippen molar-refractivity contribution in [1.82, 2.24) is 15.0 Å². The summed E-state index contributed by atoms with van der Waals surface area (Å²) < 4.78 is 5.52. The number of anilines is 1. The third kappa shape index (κ3) is 4.88. The number of ketones is 1. The highest BCUT2D eigenvalue weighted by Gasteiger charge is 2.30. The number of aromatic nitrogens is 2. The summed E-state index contributed by atoms with van der Waals surface area (Å²) in [6, 6.07) is 16.5. The van der Waals surface area contributed by atoms with Crippen LogP contribution in [0, 0.1) is 0 Å². The highest BCUT2D eigenvalue weighted by atomic mass is 16.5. The lowest BCUT2D eigenvalue weighted by Gasteiger charge is -2.34. The van der Waals surface area contributed by atoms with Gasteiger partial charge in [-0.3, -0.25) is 14.5 Å². The average molecular weight is 418 g/mol. The van der Waals surface area contributed by atoms with E-state index in [0.717, 1.165) is 31.5 Å². The van der Waals surface area contributed by atoms with Gasteiger partial charge in [-0.1, -0.05) is 47.6 Å². The van der Waals surface area contributed by atoms with Gasteiger partial charge < -0.3 is 9.84 Å². The molecule has 1 aliphatic rings. The minimum absolute atomic E-state index is 0.0253. The van der Waals surface area contributed by atoms with Crippen LogP contribution in [0.1, 0.15) is 48.9 Å². The molecule has 0 bridgehead atoms. The van der Waals surface area contributed by atoms with Gasteiger partial charge in [0.1, 0.15) is 0 Å². The van der Waals surface area contributed by atoms with E-state index in [1.54, 1.807) is 24.3 Å². The fourth-order valence-corrected chi connectivity index (χ4v) is 3.87.